The minimum atomic E-state index is 0.103. The van der Waals surface area contributed by atoms with Gasteiger partial charge < -0.3 is 4.90 Å². The average Bonchev–Trinajstić information content (AvgIpc) is 2.65. The quantitative estimate of drug-likeness (QED) is 0.734. The van der Waals surface area contributed by atoms with Crippen molar-refractivity contribution in [3.8, 4) is 0 Å². The standard InChI is InChI=1S/C11H16N2OS/c1-8-5-3-4-6-13(8)11(14)10-7-15-9(2)12-10/h7-8H,3-6H2,1-2H3. The number of hydrogen-bond donors (Lipinski definition) is 0. The molecule has 1 aromatic rings. The first-order chi connectivity index (χ1) is 7.18. The second-order valence-electron chi connectivity index (χ2n) is 4.10. The van der Waals surface area contributed by atoms with Gasteiger partial charge in [0.05, 0.1) is 5.01 Å². The van der Waals surface area contributed by atoms with Crippen molar-refractivity contribution in [2.45, 2.75) is 39.2 Å². The molecule has 0 bridgehead atoms. The molecule has 0 aromatic carbocycles. The third kappa shape index (κ3) is 2.20. The van der Waals surface area contributed by atoms with Gasteiger partial charge in [0.25, 0.3) is 5.91 Å². The van der Waals surface area contributed by atoms with Crippen molar-refractivity contribution in [3.05, 3.63) is 16.1 Å². The number of likely N-dealkylation sites (tertiary alicyclic amines) is 1. The van der Waals surface area contributed by atoms with Crippen LogP contribution in [0.2, 0.25) is 0 Å². The van der Waals surface area contributed by atoms with Crippen LogP contribution in [-0.4, -0.2) is 28.4 Å². The number of nitrogens with zero attached hydrogens (tertiary/aromatic N) is 2. The minimum absolute atomic E-state index is 0.103. The summed E-state index contributed by atoms with van der Waals surface area (Å²) in [6, 6.07) is 0.369. The summed E-state index contributed by atoms with van der Waals surface area (Å²) < 4.78 is 0. The topological polar surface area (TPSA) is 33.2 Å². The van der Waals surface area contributed by atoms with Crippen molar-refractivity contribution in [1.29, 1.82) is 0 Å². The van der Waals surface area contributed by atoms with Gasteiger partial charge in [-0.2, -0.15) is 0 Å². The number of carbonyl (C=O) groups excluding carboxylic acids is 1. The largest absolute Gasteiger partial charge is 0.335 e. The van der Waals surface area contributed by atoms with Crippen molar-refractivity contribution in [2.24, 2.45) is 0 Å². The molecule has 1 aromatic heterocycles. The molecule has 82 valence electrons. The van der Waals surface area contributed by atoms with Crippen LogP contribution in [-0.2, 0) is 0 Å². The summed E-state index contributed by atoms with van der Waals surface area (Å²) in [4.78, 5) is 18.3. The predicted octanol–water partition coefficient (Wildman–Crippen LogP) is 2.47. The van der Waals surface area contributed by atoms with Crippen LogP contribution in [0.15, 0.2) is 5.38 Å². The molecule has 1 saturated heterocycles. The highest BCUT2D eigenvalue weighted by atomic mass is 32.1. The van der Waals surface area contributed by atoms with E-state index in [2.05, 4.69) is 11.9 Å². The fourth-order valence-corrected chi connectivity index (χ4v) is 2.60. The average molecular weight is 224 g/mol. The molecule has 0 N–H and O–H groups in total. The molecule has 0 aliphatic carbocycles. The van der Waals surface area contributed by atoms with Crippen molar-refractivity contribution < 1.29 is 4.79 Å². The second kappa shape index (κ2) is 4.31. The fourth-order valence-electron chi connectivity index (χ4n) is 2.01. The van der Waals surface area contributed by atoms with E-state index in [0.717, 1.165) is 24.4 Å². The van der Waals surface area contributed by atoms with Crippen LogP contribution in [0, 0.1) is 6.92 Å². The summed E-state index contributed by atoms with van der Waals surface area (Å²) in [5.74, 6) is 0.103. The Kier molecular flexibility index (Phi) is 3.05. The SMILES string of the molecule is Cc1nc(C(=O)N2CCCCC2C)cs1. The number of piperidine rings is 1. The molecule has 1 aliphatic heterocycles. The maximum atomic E-state index is 12.1. The van der Waals surface area contributed by atoms with Crippen LogP contribution < -0.4 is 0 Å². The van der Waals surface area contributed by atoms with Gasteiger partial charge in [-0.3, -0.25) is 4.79 Å². The van der Waals surface area contributed by atoms with Crippen LogP contribution >= 0.6 is 11.3 Å². The van der Waals surface area contributed by atoms with E-state index in [1.165, 1.54) is 17.8 Å². The van der Waals surface area contributed by atoms with Crippen LogP contribution in [0.1, 0.15) is 41.7 Å². The van der Waals surface area contributed by atoms with Crippen molar-refractivity contribution in [2.75, 3.05) is 6.54 Å². The molecule has 15 heavy (non-hydrogen) atoms. The number of amides is 1. The lowest BCUT2D eigenvalue weighted by Gasteiger charge is -2.32. The van der Waals surface area contributed by atoms with Gasteiger partial charge in [-0.1, -0.05) is 0 Å². The molecular weight excluding hydrogens is 208 g/mol. The van der Waals surface area contributed by atoms with Crippen LogP contribution in [0.25, 0.3) is 0 Å². The summed E-state index contributed by atoms with van der Waals surface area (Å²) in [5, 5.41) is 2.82. The number of aromatic nitrogens is 1. The third-order valence-electron chi connectivity index (χ3n) is 2.90. The Morgan fingerprint density at radius 1 is 1.60 bits per heavy atom. The summed E-state index contributed by atoms with van der Waals surface area (Å²) in [5.41, 5.74) is 0.617. The number of aryl methyl sites for hydroxylation is 1. The Hall–Kier alpha value is -0.900. The Balaban J connectivity index is 2.13. The fraction of sp³-hybridized carbons (Fsp3) is 0.636. The lowest BCUT2D eigenvalue weighted by molar-refractivity contribution is 0.0630. The third-order valence-corrected chi connectivity index (χ3v) is 3.68. The van der Waals surface area contributed by atoms with Crippen LogP contribution in [0.5, 0.6) is 0 Å². The molecule has 2 rings (SSSR count). The molecule has 0 saturated carbocycles. The van der Waals surface area contributed by atoms with Crippen LogP contribution in [0.3, 0.4) is 0 Å². The van der Waals surface area contributed by atoms with Gasteiger partial charge >= 0.3 is 0 Å². The zero-order chi connectivity index (χ0) is 10.8. The van der Waals surface area contributed by atoms with E-state index in [1.807, 2.05) is 17.2 Å². The highest BCUT2D eigenvalue weighted by Crippen LogP contribution is 2.19. The zero-order valence-electron chi connectivity index (χ0n) is 9.19. The molecule has 1 unspecified atom stereocenters. The highest BCUT2D eigenvalue weighted by molar-refractivity contribution is 7.09. The molecule has 0 radical (unpaired) electrons. The monoisotopic (exact) mass is 224 g/mol. The smallest absolute Gasteiger partial charge is 0.273 e. The molecule has 0 spiro atoms. The van der Waals surface area contributed by atoms with Crippen molar-refractivity contribution in [1.82, 2.24) is 9.88 Å². The van der Waals surface area contributed by atoms with E-state index in [-0.39, 0.29) is 5.91 Å². The van der Waals surface area contributed by atoms with Gasteiger partial charge in [0.15, 0.2) is 0 Å². The number of hydrogen-bond acceptors (Lipinski definition) is 3. The zero-order valence-corrected chi connectivity index (χ0v) is 10.0. The molecule has 4 heteroatoms. The molecule has 2 heterocycles. The second-order valence-corrected chi connectivity index (χ2v) is 5.16. The Morgan fingerprint density at radius 3 is 3.00 bits per heavy atom. The van der Waals surface area contributed by atoms with E-state index < -0.39 is 0 Å². The minimum Gasteiger partial charge on any atom is -0.335 e. The molecular formula is C11H16N2OS. The first-order valence-corrected chi connectivity index (χ1v) is 6.29. The lowest BCUT2D eigenvalue weighted by Crippen LogP contribution is -2.42. The Labute approximate surface area is 94.1 Å². The summed E-state index contributed by atoms with van der Waals surface area (Å²) in [6.45, 7) is 4.94. The van der Waals surface area contributed by atoms with Crippen molar-refractivity contribution >= 4 is 17.2 Å². The highest BCUT2D eigenvalue weighted by Gasteiger charge is 2.25. The normalized spacial score (nSPS) is 21.7. The summed E-state index contributed by atoms with van der Waals surface area (Å²) in [6.07, 6.45) is 3.48. The molecule has 1 fully saturated rings. The van der Waals surface area contributed by atoms with E-state index in [1.54, 1.807) is 0 Å². The maximum Gasteiger partial charge on any atom is 0.273 e. The Morgan fingerprint density at radius 2 is 2.40 bits per heavy atom. The first kappa shape index (κ1) is 10.6. The van der Waals surface area contributed by atoms with Gasteiger partial charge in [-0.05, 0) is 33.1 Å². The predicted molar refractivity (Wildman–Crippen MR) is 61.2 cm³/mol. The first-order valence-electron chi connectivity index (χ1n) is 5.41. The van der Waals surface area contributed by atoms with Crippen molar-refractivity contribution in [3.63, 3.8) is 0 Å². The van der Waals surface area contributed by atoms with Crippen LogP contribution in [0.4, 0.5) is 0 Å². The molecule has 3 nitrogen and oxygen atoms in total. The van der Waals surface area contributed by atoms with Gasteiger partial charge in [0.2, 0.25) is 0 Å². The number of carbonyl (C=O) groups is 1. The lowest BCUT2D eigenvalue weighted by atomic mass is 10.0. The maximum absolute atomic E-state index is 12.1. The van der Waals surface area contributed by atoms with E-state index in [9.17, 15) is 4.79 Å². The summed E-state index contributed by atoms with van der Waals surface area (Å²) >= 11 is 1.54. The molecule has 1 atom stereocenters. The molecule has 1 aliphatic rings. The van der Waals surface area contributed by atoms with E-state index in [0.29, 0.717) is 11.7 Å². The van der Waals surface area contributed by atoms with Gasteiger partial charge in [-0.25, -0.2) is 4.98 Å². The summed E-state index contributed by atoms with van der Waals surface area (Å²) in [7, 11) is 0. The van der Waals surface area contributed by atoms with E-state index >= 15 is 0 Å². The Bertz CT molecular complexity index is 361. The van der Waals surface area contributed by atoms with Gasteiger partial charge in [0, 0.05) is 18.0 Å². The number of rotatable bonds is 1. The molecule has 1 amide bonds. The van der Waals surface area contributed by atoms with Gasteiger partial charge in [0.1, 0.15) is 5.69 Å². The van der Waals surface area contributed by atoms with Gasteiger partial charge in [-0.15, -0.1) is 11.3 Å². The van der Waals surface area contributed by atoms with E-state index in [4.69, 9.17) is 0 Å². The number of thiazole rings is 1.